The summed E-state index contributed by atoms with van der Waals surface area (Å²) in [5, 5.41) is 3.43. The van der Waals surface area contributed by atoms with E-state index in [2.05, 4.69) is 22.2 Å². The molecule has 0 bridgehead atoms. The summed E-state index contributed by atoms with van der Waals surface area (Å²) in [6, 6.07) is 8.71. The number of aromatic nitrogens is 3. The van der Waals surface area contributed by atoms with Crippen LogP contribution in [0.25, 0.3) is 22.3 Å². The molecule has 0 spiro atoms. The van der Waals surface area contributed by atoms with E-state index in [1.165, 1.54) is 12.1 Å². The molecule has 1 fully saturated rings. The fraction of sp³-hybridized carbons (Fsp3) is 0.368. The molecule has 3 aromatic rings. The average Bonchev–Trinajstić information content (AvgIpc) is 3.04. The molecule has 1 aliphatic rings. The molecule has 2 aromatic heterocycles. The van der Waals surface area contributed by atoms with Gasteiger partial charge in [0.2, 0.25) is 0 Å². The Kier molecular flexibility index (Phi) is 7.56. The Morgan fingerprint density at radius 1 is 1.17 bits per heavy atom. The molecule has 3 heterocycles. The van der Waals surface area contributed by atoms with Crippen molar-refractivity contribution in [1.29, 1.82) is 0 Å². The van der Waals surface area contributed by atoms with Crippen molar-refractivity contribution < 1.29 is 18.6 Å². The van der Waals surface area contributed by atoms with Gasteiger partial charge in [-0.05, 0) is 61.8 Å². The molecule has 158 valence electrons. The first-order valence-electron chi connectivity index (χ1n) is 8.82. The van der Waals surface area contributed by atoms with E-state index < -0.39 is 5.51 Å². The zero-order valence-corrected chi connectivity index (χ0v) is 17.2. The molecule has 1 aromatic carbocycles. The van der Waals surface area contributed by atoms with Gasteiger partial charge in [-0.1, -0.05) is 12.1 Å². The fourth-order valence-electron chi connectivity index (χ4n) is 3.49. The van der Waals surface area contributed by atoms with E-state index >= 15 is 0 Å². The lowest BCUT2D eigenvalue weighted by molar-refractivity contribution is -0.0328. The summed E-state index contributed by atoms with van der Waals surface area (Å²) >= 11 is -0.110. The van der Waals surface area contributed by atoms with Crippen LogP contribution in [0.15, 0.2) is 41.4 Å². The van der Waals surface area contributed by atoms with Crippen molar-refractivity contribution in [3.05, 3.63) is 42.4 Å². The maximum atomic E-state index is 12.5. The lowest BCUT2D eigenvalue weighted by Gasteiger charge is -2.26. The van der Waals surface area contributed by atoms with Crippen LogP contribution in [0.3, 0.4) is 0 Å². The average molecular weight is 447 g/mol. The van der Waals surface area contributed by atoms with Crippen LogP contribution in [0.5, 0.6) is 0 Å². The molecule has 10 heteroatoms. The Morgan fingerprint density at radius 3 is 2.55 bits per heavy atom. The molecule has 2 atom stereocenters. The molecule has 0 amide bonds. The van der Waals surface area contributed by atoms with Crippen LogP contribution in [0.2, 0.25) is 0 Å². The zero-order chi connectivity index (χ0) is 19.0. The van der Waals surface area contributed by atoms with Crippen LogP contribution >= 0.6 is 24.2 Å². The summed E-state index contributed by atoms with van der Waals surface area (Å²) in [6.45, 7) is 3.13. The number of halogens is 4. The minimum atomic E-state index is -4.28. The maximum absolute atomic E-state index is 12.5. The standard InChI is InChI=1S/C19H19F3N4S.ClH.H2O/c1-11-8-13(6-7-23-11)18-24-10-17-16(26-18)9-15(25-17)12-2-4-14(5-3-12)27-19(20,21)22;;/h2-5,9-11,13,23,25H,6-8H2,1H3;1H;1H2. The van der Waals surface area contributed by atoms with Gasteiger partial charge >= 0.3 is 5.51 Å². The molecular formula is C19H22ClF3N4OS. The highest BCUT2D eigenvalue weighted by Crippen LogP contribution is 2.37. The van der Waals surface area contributed by atoms with Crippen LogP contribution in [0.4, 0.5) is 13.2 Å². The van der Waals surface area contributed by atoms with Crippen molar-refractivity contribution in [2.24, 2.45) is 0 Å². The first-order valence-corrected chi connectivity index (χ1v) is 9.64. The normalized spacial score (nSPS) is 19.4. The van der Waals surface area contributed by atoms with Gasteiger partial charge in [-0.3, -0.25) is 0 Å². The quantitative estimate of drug-likeness (QED) is 0.571. The lowest BCUT2D eigenvalue weighted by Crippen LogP contribution is -2.35. The second-order valence-corrected chi connectivity index (χ2v) is 8.00. The van der Waals surface area contributed by atoms with E-state index in [0.29, 0.717) is 12.0 Å². The molecule has 5 nitrogen and oxygen atoms in total. The number of fused-ring (bicyclic) bond motifs is 1. The number of benzene rings is 1. The number of H-pyrrole nitrogens is 1. The van der Waals surface area contributed by atoms with Crippen molar-refractivity contribution in [2.75, 3.05) is 6.54 Å². The summed E-state index contributed by atoms with van der Waals surface area (Å²) in [5.41, 5.74) is -0.990. The Hall–Kier alpha value is -1.81. The highest BCUT2D eigenvalue weighted by atomic mass is 35.5. The number of piperidine rings is 1. The lowest BCUT2D eigenvalue weighted by atomic mass is 9.92. The zero-order valence-electron chi connectivity index (χ0n) is 15.6. The van der Waals surface area contributed by atoms with Gasteiger partial charge in [0.15, 0.2) is 0 Å². The Labute approximate surface area is 176 Å². The second-order valence-electron chi connectivity index (χ2n) is 6.86. The second kappa shape index (κ2) is 9.34. The first-order chi connectivity index (χ1) is 12.9. The summed E-state index contributed by atoms with van der Waals surface area (Å²) in [6.07, 6.45) is 3.83. The van der Waals surface area contributed by atoms with Crippen molar-refractivity contribution in [3.63, 3.8) is 0 Å². The van der Waals surface area contributed by atoms with E-state index in [1.807, 2.05) is 6.07 Å². The number of hydrogen-bond acceptors (Lipinski definition) is 4. The van der Waals surface area contributed by atoms with Gasteiger partial charge in [0.1, 0.15) is 5.82 Å². The number of alkyl halides is 3. The largest absolute Gasteiger partial charge is 0.446 e. The van der Waals surface area contributed by atoms with Gasteiger partial charge in [-0.15, -0.1) is 12.4 Å². The van der Waals surface area contributed by atoms with Crippen molar-refractivity contribution in [3.8, 4) is 11.3 Å². The Balaban J connectivity index is 0.00000150. The van der Waals surface area contributed by atoms with Crippen LogP contribution < -0.4 is 5.32 Å². The molecule has 4 N–H and O–H groups in total. The van der Waals surface area contributed by atoms with Crippen LogP contribution in [-0.2, 0) is 0 Å². The van der Waals surface area contributed by atoms with Gasteiger partial charge in [0.25, 0.3) is 0 Å². The van der Waals surface area contributed by atoms with Crippen molar-refractivity contribution in [1.82, 2.24) is 20.3 Å². The number of aromatic amines is 1. The minimum absolute atomic E-state index is 0. The molecular weight excluding hydrogens is 425 g/mol. The van der Waals surface area contributed by atoms with Gasteiger partial charge in [-0.2, -0.15) is 13.2 Å². The summed E-state index contributed by atoms with van der Waals surface area (Å²) in [4.78, 5) is 12.7. The van der Waals surface area contributed by atoms with Crippen LogP contribution in [-0.4, -0.2) is 38.5 Å². The third-order valence-corrected chi connectivity index (χ3v) is 5.51. The minimum Gasteiger partial charge on any atom is -0.412 e. The first kappa shape index (κ1) is 23.5. The number of nitrogens with zero attached hydrogens (tertiary/aromatic N) is 2. The highest BCUT2D eigenvalue weighted by molar-refractivity contribution is 8.00. The molecule has 4 rings (SSSR count). The van der Waals surface area contributed by atoms with E-state index in [4.69, 9.17) is 4.98 Å². The third kappa shape index (κ3) is 5.63. The van der Waals surface area contributed by atoms with Gasteiger partial charge < -0.3 is 15.8 Å². The maximum Gasteiger partial charge on any atom is 0.446 e. The van der Waals surface area contributed by atoms with Crippen molar-refractivity contribution >= 4 is 35.2 Å². The molecule has 0 saturated carbocycles. The number of thioether (sulfide) groups is 1. The molecule has 29 heavy (non-hydrogen) atoms. The Morgan fingerprint density at radius 2 is 1.90 bits per heavy atom. The molecule has 2 unspecified atom stereocenters. The van der Waals surface area contributed by atoms with E-state index in [-0.39, 0.29) is 34.5 Å². The SMILES string of the molecule is CC1CC(c2ncc3[nH]c(-c4ccc(SC(F)(F)F)cc4)cc3n2)CCN1.Cl.O. The molecule has 1 saturated heterocycles. The molecule has 0 aliphatic carbocycles. The van der Waals surface area contributed by atoms with Gasteiger partial charge in [0.05, 0.1) is 17.2 Å². The summed E-state index contributed by atoms with van der Waals surface area (Å²) in [5.74, 6) is 1.21. The topological polar surface area (TPSA) is 85.1 Å². The number of rotatable bonds is 3. The number of hydrogen-bond donors (Lipinski definition) is 2. The van der Waals surface area contributed by atoms with Gasteiger partial charge in [-0.25, -0.2) is 9.97 Å². The summed E-state index contributed by atoms with van der Waals surface area (Å²) in [7, 11) is 0. The fourth-order valence-corrected chi connectivity index (χ4v) is 4.03. The smallest absolute Gasteiger partial charge is 0.412 e. The van der Waals surface area contributed by atoms with Crippen LogP contribution in [0.1, 0.15) is 31.5 Å². The highest BCUT2D eigenvalue weighted by Gasteiger charge is 2.29. The summed E-state index contributed by atoms with van der Waals surface area (Å²) < 4.78 is 37.4. The van der Waals surface area contributed by atoms with E-state index in [9.17, 15) is 13.2 Å². The van der Waals surface area contributed by atoms with E-state index in [1.54, 1.807) is 18.3 Å². The Bertz CT molecular complexity index is 949. The predicted octanol–water partition coefficient (Wildman–Crippen LogP) is 4.69. The number of nitrogens with one attached hydrogen (secondary N) is 2. The predicted molar refractivity (Wildman–Crippen MR) is 112 cm³/mol. The van der Waals surface area contributed by atoms with Crippen LogP contribution in [0, 0.1) is 0 Å². The van der Waals surface area contributed by atoms with Crippen molar-refractivity contribution in [2.45, 2.75) is 42.1 Å². The molecule has 0 radical (unpaired) electrons. The third-order valence-electron chi connectivity index (χ3n) is 4.77. The van der Waals surface area contributed by atoms with Gasteiger partial charge in [0, 0.05) is 22.5 Å². The monoisotopic (exact) mass is 446 g/mol. The molecule has 1 aliphatic heterocycles. The van der Waals surface area contributed by atoms with E-state index in [0.717, 1.165) is 47.5 Å².